The van der Waals surface area contributed by atoms with Gasteiger partial charge in [-0.05, 0) is 43.1 Å². The molecule has 0 radical (unpaired) electrons. The molecule has 1 unspecified atom stereocenters. The van der Waals surface area contributed by atoms with E-state index in [4.69, 9.17) is 5.26 Å². The number of carbonyl (C=O) groups is 1. The molecule has 0 fully saturated rings. The summed E-state index contributed by atoms with van der Waals surface area (Å²) < 4.78 is 0. The molecular weight excluding hydrogens is 312 g/mol. The first kappa shape index (κ1) is 21.0. The fourth-order valence-electron chi connectivity index (χ4n) is 3.07. The average molecular weight is 345 g/mol. The van der Waals surface area contributed by atoms with Crippen LogP contribution in [0.1, 0.15) is 45.2 Å². The SMILES string of the molecule is CCN(CC)C(CNC(=O)N(C)Cc1cccc(C#N)c1)CC(C)C. The van der Waals surface area contributed by atoms with Crippen LogP contribution < -0.4 is 5.32 Å². The number of hydrogen-bond donors (Lipinski definition) is 1. The van der Waals surface area contributed by atoms with E-state index in [1.807, 2.05) is 18.2 Å². The molecule has 1 atom stereocenters. The third-order valence-corrected chi connectivity index (χ3v) is 4.38. The summed E-state index contributed by atoms with van der Waals surface area (Å²) in [7, 11) is 1.78. The normalized spacial score (nSPS) is 12.1. The Morgan fingerprint density at radius 3 is 2.52 bits per heavy atom. The minimum Gasteiger partial charge on any atom is -0.336 e. The summed E-state index contributed by atoms with van der Waals surface area (Å²) >= 11 is 0. The van der Waals surface area contributed by atoms with E-state index in [0.29, 0.717) is 30.6 Å². The van der Waals surface area contributed by atoms with Gasteiger partial charge < -0.3 is 10.2 Å². The maximum Gasteiger partial charge on any atom is 0.317 e. The molecule has 1 rings (SSSR count). The van der Waals surface area contributed by atoms with Crippen LogP contribution in [0.5, 0.6) is 0 Å². The Labute approximate surface area is 152 Å². The minimum absolute atomic E-state index is 0.0803. The molecule has 0 aliphatic rings. The zero-order chi connectivity index (χ0) is 18.8. The fourth-order valence-corrected chi connectivity index (χ4v) is 3.07. The standard InChI is InChI=1S/C20H32N4O/c1-6-24(7-2)19(11-16(3)4)14-22-20(25)23(5)15-18-10-8-9-17(12-18)13-21/h8-10,12,16,19H,6-7,11,14-15H2,1-5H3,(H,22,25). The van der Waals surface area contributed by atoms with Gasteiger partial charge >= 0.3 is 6.03 Å². The van der Waals surface area contributed by atoms with Crippen molar-refractivity contribution in [1.82, 2.24) is 15.1 Å². The zero-order valence-electron chi connectivity index (χ0n) is 16.2. The quantitative estimate of drug-likeness (QED) is 0.746. The molecule has 2 amide bonds. The summed E-state index contributed by atoms with van der Waals surface area (Å²) in [5.74, 6) is 0.592. The molecule has 0 bridgehead atoms. The van der Waals surface area contributed by atoms with Crippen LogP contribution in [0.2, 0.25) is 0 Å². The van der Waals surface area contributed by atoms with Gasteiger partial charge in [0.15, 0.2) is 0 Å². The van der Waals surface area contributed by atoms with E-state index in [9.17, 15) is 4.79 Å². The summed E-state index contributed by atoms with van der Waals surface area (Å²) in [4.78, 5) is 16.5. The zero-order valence-corrected chi connectivity index (χ0v) is 16.2. The summed E-state index contributed by atoms with van der Waals surface area (Å²) in [6.45, 7) is 11.9. The number of nitrogens with one attached hydrogen (secondary N) is 1. The predicted octanol–water partition coefficient (Wildman–Crippen LogP) is 3.46. The molecule has 0 heterocycles. The highest BCUT2D eigenvalue weighted by atomic mass is 16.2. The number of rotatable bonds is 9. The molecule has 5 heteroatoms. The summed E-state index contributed by atoms with van der Waals surface area (Å²) in [6, 6.07) is 9.77. The second-order valence-corrected chi connectivity index (χ2v) is 6.86. The first-order valence-electron chi connectivity index (χ1n) is 9.13. The lowest BCUT2D eigenvalue weighted by molar-refractivity contribution is 0.174. The monoisotopic (exact) mass is 344 g/mol. The molecule has 0 spiro atoms. The first-order valence-corrected chi connectivity index (χ1v) is 9.13. The molecule has 1 aromatic carbocycles. The van der Waals surface area contributed by atoms with Gasteiger partial charge in [0.05, 0.1) is 11.6 Å². The van der Waals surface area contributed by atoms with Crippen LogP contribution in [0.25, 0.3) is 0 Å². The number of likely N-dealkylation sites (N-methyl/N-ethyl adjacent to an activating group) is 1. The largest absolute Gasteiger partial charge is 0.336 e. The Kier molecular flexibility index (Phi) is 9.01. The smallest absolute Gasteiger partial charge is 0.317 e. The lowest BCUT2D eigenvalue weighted by Crippen LogP contribution is -2.47. The Morgan fingerprint density at radius 1 is 1.28 bits per heavy atom. The maximum absolute atomic E-state index is 12.4. The van der Waals surface area contributed by atoms with Crippen LogP contribution in [-0.4, -0.2) is 48.6 Å². The molecule has 5 nitrogen and oxygen atoms in total. The summed E-state index contributed by atoms with van der Waals surface area (Å²) in [6.07, 6.45) is 1.07. The first-order chi connectivity index (χ1) is 11.9. The van der Waals surface area contributed by atoms with Gasteiger partial charge in [0, 0.05) is 26.2 Å². The molecule has 1 N–H and O–H groups in total. The van der Waals surface area contributed by atoms with E-state index in [1.54, 1.807) is 18.0 Å². The van der Waals surface area contributed by atoms with E-state index >= 15 is 0 Å². The second kappa shape index (κ2) is 10.7. The van der Waals surface area contributed by atoms with Gasteiger partial charge in [-0.15, -0.1) is 0 Å². The van der Waals surface area contributed by atoms with E-state index in [0.717, 1.165) is 25.1 Å². The molecule has 0 saturated carbocycles. The number of benzene rings is 1. The summed E-state index contributed by atoms with van der Waals surface area (Å²) in [5, 5.41) is 12.0. The Hall–Kier alpha value is -2.06. The summed E-state index contributed by atoms with van der Waals surface area (Å²) in [5.41, 5.74) is 1.57. The van der Waals surface area contributed by atoms with Gasteiger partial charge in [-0.3, -0.25) is 4.90 Å². The Balaban J connectivity index is 2.61. The molecule has 0 aliphatic carbocycles. The number of nitrogens with zero attached hydrogens (tertiary/aromatic N) is 3. The topological polar surface area (TPSA) is 59.4 Å². The number of urea groups is 1. The van der Waals surface area contributed by atoms with E-state index in [-0.39, 0.29) is 6.03 Å². The fraction of sp³-hybridized carbons (Fsp3) is 0.600. The van der Waals surface area contributed by atoms with Crippen LogP contribution in [-0.2, 0) is 6.54 Å². The number of hydrogen-bond acceptors (Lipinski definition) is 3. The number of carbonyl (C=O) groups excluding carboxylic acids is 1. The van der Waals surface area contributed by atoms with Crippen molar-refractivity contribution in [1.29, 1.82) is 5.26 Å². The van der Waals surface area contributed by atoms with Gasteiger partial charge in [-0.25, -0.2) is 4.79 Å². The second-order valence-electron chi connectivity index (χ2n) is 6.86. The molecule has 0 saturated heterocycles. The molecular formula is C20H32N4O. The lowest BCUT2D eigenvalue weighted by atomic mass is 10.0. The average Bonchev–Trinajstić information content (AvgIpc) is 2.59. The maximum atomic E-state index is 12.4. The highest BCUT2D eigenvalue weighted by Gasteiger charge is 2.19. The van der Waals surface area contributed by atoms with E-state index in [2.05, 4.69) is 44.0 Å². The lowest BCUT2D eigenvalue weighted by Gasteiger charge is -2.31. The molecule has 0 aromatic heterocycles. The Morgan fingerprint density at radius 2 is 1.96 bits per heavy atom. The van der Waals surface area contributed by atoms with Crippen LogP contribution in [0.4, 0.5) is 4.79 Å². The van der Waals surface area contributed by atoms with Gasteiger partial charge in [0.25, 0.3) is 0 Å². The van der Waals surface area contributed by atoms with Crippen molar-refractivity contribution in [2.75, 3.05) is 26.7 Å². The van der Waals surface area contributed by atoms with Crippen molar-refractivity contribution in [2.45, 2.75) is 46.7 Å². The van der Waals surface area contributed by atoms with Crippen LogP contribution in [0.15, 0.2) is 24.3 Å². The molecule has 1 aromatic rings. The highest BCUT2D eigenvalue weighted by molar-refractivity contribution is 5.73. The molecule has 138 valence electrons. The van der Waals surface area contributed by atoms with Crippen LogP contribution in [0, 0.1) is 17.2 Å². The minimum atomic E-state index is -0.0803. The van der Waals surface area contributed by atoms with Gasteiger partial charge in [0.2, 0.25) is 0 Å². The van der Waals surface area contributed by atoms with Crippen molar-refractivity contribution < 1.29 is 4.79 Å². The highest BCUT2D eigenvalue weighted by Crippen LogP contribution is 2.11. The van der Waals surface area contributed by atoms with Gasteiger partial charge in [-0.2, -0.15) is 5.26 Å². The van der Waals surface area contributed by atoms with E-state index in [1.165, 1.54) is 0 Å². The van der Waals surface area contributed by atoms with Crippen molar-refractivity contribution in [3.05, 3.63) is 35.4 Å². The number of amides is 2. The molecule has 25 heavy (non-hydrogen) atoms. The third kappa shape index (κ3) is 7.15. The van der Waals surface area contributed by atoms with Crippen molar-refractivity contribution >= 4 is 6.03 Å². The van der Waals surface area contributed by atoms with Crippen molar-refractivity contribution in [3.8, 4) is 6.07 Å². The third-order valence-electron chi connectivity index (χ3n) is 4.38. The number of nitriles is 1. The molecule has 0 aliphatic heterocycles. The van der Waals surface area contributed by atoms with Gasteiger partial charge in [0.1, 0.15) is 0 Å². The van der Waals surface area contributed by atoms with Crippen molar-refractivity contribution in [2.24, 2.45) is 5.92 Å². The van der Waals surface area contributed by atoms with Crippen LogP contribution in [0.3, 0.4) is 0 Å². The van der Waals surface area contributed by atoms with E-state index < -0.39 is 0 Å². The van der Waals surface area contributed by atoms with Crippen LogP contribution >= 0.6 is 0 Å². The predicted molar refractivity (Wildman–Crippen MR) is 102 cm³/mol. The Bertz CT molecular complexity index is 575. The van der Waals surface area contributed by atoms with Gasteiger partial charge in [-0.1, -0.05) is 39.8 Å². The van der Waals surface area contributed by atoms with Crippen molar-refractivity contribution in [3.63, 3.8) is 0 Å².